The number of pyridine rings is 2. The highest BCUT2D eigenvalue weighted by Crippen LogP contribution is 2.50. The van der Waals surface area contributed by atoms with Gasteiger partial charge in [0.1, 0.15) is 11.3 Å². The molecule has 176 valence electrons. The summed E-state index contributed by atoms with van der Waals surface area (Å²) in [5.41, 5.74) is 6.17. The lowest BCUT2D eigenvalue weighted by molar-refractivity contribution is 0.0944. The number of hydrogen-bond acceptors (Lipinski definition) is 5. The molecule has 0 saturated heterocycles. The highest BCUT2D eigenvalue weighted by molar-refractivity contribution is 6.09. The fourth-order valence-electron chi connectivity index (χ4n) is 4.93. The molecule has 1 amide bonds. The average Bonchev–Trinajstić information content (AvgIpc) is 3.79. The van der Waals surface area contributed by atoms with Crippen molar-refractivity contribution < 1.29 is 13.9 Å². The Labute approximate surface area is 201 Å². The summed E-state index contributed by atoms with van der Waals surface area (Å²) >= 11 is 0. The fraction of sp³-hybridized carbons (Fsp3) is 0.296. The minimum Gasteiger partial charge on any atom is -0.477 e. The molecule has 7 nitrogen and oxygen atoms in total. The zero-order valence-electron chi connectivity index (χ0n) is 19.2. The zero-order chi connectivity index (χ0) is 23.7. The summed E-state index contributed by atoms with van der Waals surface area (Å²) < 4.78 is 20.3. The molecule has 2 atom stereocenters. The molecule has 0 spiro atoms. The largest absolute Gasteiger partial charge is 0.477 e. The van der Waals surface area contributed by atoms with E-state index >= 15 is 0 Å². The molecule has 2 saturated carbocycles. The predicted molar refractivity (Wildman–Crippen MR) is 131 cm³/mol. The lowest BCUT2D eigenvalue weighted by Crippen LogP contribution is -2.31. The van der Waals surface area contributed by atoms with Crippen LogP contribution in [0.25, 0.3) is 22.3 Å². The summed E-state index contributed by atoms with van der Waals surface area (Å²) in [6.07, 6.45) is 5.05. The Kier molecular flexibility index (Phi) is 4.40. The number of ether oxygens (including phenoxy) is 1. The summed E-state index contributed by atoms with van der Waals surface area (Å²) in [6, 6.07) is 10.7. The first kappa shape index (κ1) is 20.4. The minimum absolute atomic E-state index is 0.127. The van der Waals surface area contributed by atoms with Crippen LogP contribution < -0.4 is 15.4 Å². The molecule has 2 fully saturated rings. The molecule has 4 heterocycles. The number of benzene rings is 1. The molecule has 3 aromatic heterocycles. The van der Waals surface area contributed by atoms with E-state index in [0.717, 1.165) is 28.9 Å². The van der Waals surface area contributed by atoms with Crippen molar-refractivity contribution in [3.63, 3.8) is 0 Å². The number of carbonyl (C=O) groups excluding carboxylic acids is 1. The first-order chi connectivity index (χ1) is 17.1. The monoisotopic (exact) mass is 469 g/mol. The van der Waals surface area contributed by atoms with Crippen LogP contribution in [0.15, 0.2) is 42.6 Å². The molecule has 2 aliphatic carbocycles. The van der Waals surface area contributed by atoms with Gasteiger partial charge >= 0.3 is 0 Å². The fourth-order valence-corrected chi connectivity index (χ4v) is 4.93. The average molecular weight is 470 g/mol. The van der Waals surface area contributed by atoms with E-state index in [2.05, 4.69) is 20.6 Å². The number of H-pyrrole nitrogens is 1. The van der Waals surface area contributed by atoms with E-state index in [4.69, 9.17) is 9.72 Å². The van der Waals surface area contributed by atoms with Gasteiger partial charge in [-0.25, -0.2) is 9.37 Å². The molecule has 0 radical (unpaired) electrons. The van der Waals surface area contributed by atoms with Crippen LogP contribution in [0.5, 0.6) is 5.88 Å². The van der Waals surface area contributed by atoms with Crippen molar-refractivity contribution in [3.8, 4) is 17.1 Å². The number of nitrogens with zero attached hydrogens (tertiary/aromatic N) is 2. The number of amides is 1. The highest BCUT2D eigenvalue weighted by Gasteiger charge is 2.48. The Morgan fingerprint density at radius 1 is 1.20 bits per heavy atom. The smallest absolute Gasteiger partial charge is 0.255 e. The van der Waals surface area contributed by atoms with Gasteiger partial charge in [-0.15, -0.1) is 0 Å². The molecular weight excluding hydrogens is 445 g/mol. The van der Waals surface area contributed by atoms with Gasteiger partial charge in [-0.1, -0.05) is 6.07 Å². The minimum atomic E-state index is -0.304. The van der Waals surface area contributed by atoms with Gasteiger partial charge in [0.25, 0.3) is 5.91 Å². The number of hydrogen-bond donors (Lipinski definition) is 3. The van der Waals surface area contributed by atoms with Gasteiger partial charge in [-0.05, 0) is 56.4 Å². The van der Waals surface area contributed by atoms with Gasteiger partial charge in [-0.3, -0.25) is 9.78 Å². The van der Waals surface area contributed by atoms with Crippen LogP contribution in [0.1, 0.15) is 46.8 Å². The normalized spacial score (nSPS) is 20.2. The molecule has 7 rings (SSSR count). The van der Waals surface area contributed by atoms with Crippen molar-refractivity contribution in [2.75, 3.05) is 11.9 Å². The number of rotatable bonds is 6. The highest BCUT2D eigenvalue weighted by atomic mass is 19.1. The summed E-state index contributed by atoms with van der Waals surface area (Å²) in [5.74, 6) is 1.000. The van der Waals surface area contributed by atoms with Crippen molar-refractivity contribution in [2.45, 2.75) is 38.1 Å². The van der Waals surface area contributed by atoms with Gasteiger partial charge in [0, 0.05) is 46.7 Å². The van der Waals surface area contributed by atoms with E-state index in [1.807, 2.05) is 24.3 Å². The standard InChI is InChI=1S/C27H24FN5O2/c1-13-17(28)3-2-4-18(13)30-26-22-24(16-11-20(16)31-27(22)34)33-25(26)15-9-10-29-19-7-8-21(32-23(15)19)35-12-14-5-6-14/h2-4,7-10,14,16,20,30,33H,5-6,11-12H2,1H3,(H,31,34)/t16-,20+/m1/s1. The molecular formula is C27H24FN5O2. The number of halogens is 1. The second kappa shape index (κ2) is 7.53. The Bertz CT molecular complexity index is 1510. The first-order valence-corrected chi connectivity index (χ1v) is 12.0. The molecule has 1 aliphatic heterocycles. The number of anilines is 2. The molecule has 35 heavy (non-hydrogen) atoms. The van der Waals surface area contributed by atoms with E-state index in [0.29, 0.717) is 46.4 Å². The second-order valence-electron chi connectivity index (χ2n) is 9.75. The molecule has 0 bridgehead atoms. The lowest BCUT2D eigenvalue weighted by atomic mass is 10.0. The lowest BCUT2D eigenvalue weighted by Gasteiger charge is -2.16. The topological polar surface area (TPSA) is 91.9 Å². The van der Waals surface area contributed by atoms with E-state index < -0.39 is 0 Å². The van der Waals surface area contributed by atoms with Crippen LogP contribution in [-0.4, -0.2) is 33.5 Å². The van der Waals surface area contributed by atoms with Gasteiger partial charge in [0.2, 0.25) is 5.88 Å². The zero-order valence-corrected chi connectivity index (χ0v) is 19.2. The van der Waals surface area contributed by atoms with Crippen LogP contribution in [0.3, 0.4) is 0 Å². The van der Waals surface area contributed by atoms with E-state index in [9.17, 15) is 9.18 Å². The number of aromatic nitrogens is 3. The third kappa shape index (κ3) is 3.43. The van der Waals surface area contributed by atoms with Gasteiger partial charge in [0.15, 0.2) is 0 Å². The number of nitrogens with one attached hydrogen (secondary N) is 3. The third-order valence-corrected chi connectivity index (χ3v) is 7.25. The maximum Gasteiger partial charge on any atom is 0.255 e. The predicted octanol–water partition coefficient (Wildman–Crippen LogP) is 5.20. The molecule has 3 N–H and O–H groups in total. The second-order valence-corrected chi connectivity index (χ2v) is 9.75. The molecule has 4 aromatic rings. The summed E-state index contributed by atoms with van der Waals surface area (Å²) in [5, 5.41) is 6.46. The quantitative estimate of drug-likeness (QED) is 0.361. The Hall–Kier alpha value is -3.94. The van der Waals surface area contributed by atoms with E-state index in [1.165, 1.54) is 18.9 Å². The SMILES string of the molecule is Cc1c(F)cccc1Nc1c(-c2ccnc3ccc(OCC4CC4)nc23)[nH]c2c1C(=O)N[C@H]1C[C@@H]21. The van der Waals surface area contributed by atoms with E-state index in [1.54, 1.807) is 19.2 Å². The van der Waals surface area contributed by atoms with Gasteiger partial charge in [-0.2, -0.15) is 0 Å². The molecule has 1 aromatic carbocycles. The first-order valence-electron chi connectivity index (χ1n) is 12.0. The van der Waals surface area contributed by atoms with Crippen LogP contribution in [0.2, 0.25) is 0 Å². The van der Waals surface area contributed by atoms with Crippen LogP contribution >= 0.6 is 0 Å². The van der Waals surface area contributed by atoms with Crippen molar-refractivity contribution in [1.29, 1.82) is 0 Å². The number of aromatic amines is 1. The maximum atomic E-state index is 14.3. The van der Waals surface area contributed by atoms with Gasteiger partial charge < -0.3 is 20.4 Å². The Morgan fingerprint density at radius 3 is 2.94 bits per heavy atom. The Balaban J connectivity index is 1.40. The summed E-state index contributed by atoms with van der Waals surface area (Å²) in [4.78, 5) is 25.9. The third-order valence-electron chi connectivity index (χ3n) is 7.25. The van der Waals surface area contributed by atoms with Crippen molar-refractivity contribution >= 4 is 28.3 Å². The maximum absolute atomic E-state index is 14.3. The molecule has 3 aliphatic rings. The van der Waals surface area contributed by atoms with Gasteiger partial charge in [0.05, 0.1) is 29.1 Å². The van der Waals surface area contributed by atoms with Crippen LogP contribution in [0.4, 0.5) is 15.8 Å². The van der Waals surface area contributed by atoms with E-state index in [-0.39, 0.29) is 23.7 Å². The van der Waals surface area contributed by atoms with Crippen LogP contribution in [-0.2, 0) is 0 Å². The van der Waals surface area contributed by atoms with Crippen molar-refractivity contribution in [2.24, 2.45) is 5.92 Å². The summed E-state index contributed by atoms with van der Waals surface area (Å²) in [7, 11) is 0. The molecule has 8 heteroatoms. The molecule has 0 unspecified atom stereocenters. The number of carbonyl (C=O) groups is 1. The van der Waals surface area contributed by atoms with Crippen molar-refractivity contribution in [3.05, 3.63) is 65.2 Å². The Morgan fingerprint density at radius 2 is 2.09 bits per heavy atom. The van der Waals surface area contributed by atoms with Crippen molar-refractivity contribution in [1.82, 2.24) is 20.3 Å². The number of fused-ring (bicyclic) bond motifs is 4. The summed E-state index contributed by atoms with van der Waals surface area (Å²) in [6.45, 7) is 2.39. The van der Waals surface area contributed by atoms with Crippen LogP contribution in [0, 0.1) is 18.7 Å².